The molecule has 1 aliphatic carbocycles. The Bertz CT molecular complexity index is 536. The zero-order valence-electron chi connectivity index (χ0n) is 10.8. The van der Waals surface area contributed by atoms with Gasteiger partial charge in [0.15, 0.2) is 0 Å². The predicted octanol–water partition coefficient (Wildman–Crippen LogP) is 1.32. The van der Waals surface area contributed by atoms with Crippen LogP contribution in [-0.2, 0) is 10.0 Å². The largest absolute Gasteiger partial charge is 0.326 e. The molecule has 5 heteroatoms. The lowest BCUT2D eigenvalue weighted by molar-refractivity contribution is 0.547. The van der Waals surface area contributed by atoms with Crippen LogP contribution in [0.15, 0.2) is 23.1 Å². The molecule has 1 aromatic carbocycles. The zero-order chi connectivity index (χ0) is 13.3. The maximum absolute atomic E-state index is 12.1. The number of nitrogens with one attached hydrogen (secondary N) is 1. The number of aryl methyl sites for hydroxylation is 2. The normalized spacial score (nSPS) is 17.7. The first-order valence-electron chi connectivity index (χ1n) is 6.22. The standard InChI is InChI=1S/C13H20N2O2S/c1-9-3-6-12(7-10(9)2)18(16,17)15-8-13(14)11-4-5-11/h3,6-7,11,13,15H,4-5,8,14H2,1-2H3. The van der Waals surface area contributed by atoms with Gasteiger partial charge in [-0.1, -0.05) is 6.07 Å². The number of hydrogen-bond acceptors (Lipinski definition) is 3. The highest BCUT2D eigenvalue weighted by Gasteiger charge is 2.29. The molecule has 1 saturated carbocycles. The van der Waals surface area contributed by atoms with E-state index in [1.165, 1.54) is 0 Å². The topological polar surface area (TPSA) is 72.2 Å². The Labute approximate surface area is 109 Å². The van der Waals surface area contributed by atoms with Gasteiger partial charge in [0.25, 0.3) is 0 Å². The third-order valence-electron chi connectivity index (χ3n) is 3.53. The van der Waals surface area contributed by atoms with Crippen LogP contribution in [0.4, 0.5) is 0 Å². The summed E-state index contributed by atoms with van der Waals surface area (Å²) in [5.41, 5.74) is 7.95. The van der Waals surface area contributed by atoms with Crippen molar-refractivity contribution in [1.82, 2.24) is 4.72 Å². The lowest BCUT2D eigenvalue weighted by atomic mass is 10.1. The van der Waals surface area contributed by atoms with Crippen LogP contribution >= 0.6 is 0 Å². The second kappa shape index (κ2) is 4.99. The van der Waals surface area contributed by atoms with E-state index >= 15 is 0 Å². The van der Waals surface area contributed by atoms with E-state index in [4.69, 9.17) is 5.73 Å². The summed E-state index contributed by atoms with van der Waals surface area (Å²) < 4.78 is 26.7. The molecular weight excluding hydrogens is 248 g/mol. The van der Waals surface area contributed by atoms with E-state index in [2.05, 4.69) is 4.72 Å². The molecule has 0 aliphatic heterocycles. The van der Waals surface area contributed by atoms with Crippen LogP contribution in [-0.4, -0.2) is 21.0 Å². The van der Waals surface area contributed by atoms with E-state index in [9.17, 15) is 8.42 Å². The van der Waals surface area contributed by atoms with Gasteiger partial charge in [-0.05, 0) is 55.9 Å². The number of benzene rings is 1. The van der Waals surface area contributed by atoms with Crippen LogP contribution < -0.4 is 10.5 Å². The quantitative estimate of drug-likeness (QED) is 0.846. The zero-order valence-corrected chi connectivity index (χ0v) is 11.6. The summed E-state index contributed by atoms with van der Waals surface area (Å²) in [6.07, 6.45) is 2.24. The summed E-state index contributed by atoms with van der Waals surface area (Å²) in [4.78, 5) is 0.314. The second-order valence-electron chi connectivity index (χ2n) is 5.10. The highest BCUT2D eigenvalue weighted by molar-refractivity contribution is 7.89. The molecule has 0 heterocycles. The first-order chi connectivity index (χ1) is 8.40. The monoisotopic (exact) mass is 268 g/mol. The van der Waals surface area contributed by atoms with Crippen LogP contribution in [0.1, 0.15) is 24.0 Å². The van der Waals surface area contributed by atoms with Gasteiger partial charge in [0.05, 0.1) is 4.90 Å². The molecule has 18 heavy (non-hydrogen) atoms. The van der Waals surface area contributed by atoms with Gasteiger partial charge in [-0.2, -0.15) is 0 Å². The van der Waals surface area contributed by atoms with Crippen molar-refractivity contribution in [2.75, 3.05) is 6.54 Å². The molecule has 0 amide bonds. The van der Waals surface area contributed by atoms with E-state index in [-0.39, 0.29) is 6.04 Å². The molecule has 3 N–H and O–H groups in total. The lowest BCUT2D eigenvalue weighted by Gasteiger charge is -2.12. The summed E-state index contributed by atoms with van der Waals surface area (Å²) >= 11 is 0. The molecule has 0 aromatic heterocycles. The lowest BCUT2D eigenvalue weighted by Crippen LogP contribution is -2.38. The smallest absolute Gasteiger partial charge is 0.240 e. The SMILES string of the molecule is Cc1ccc(S(=O)(=O)NCC(N)C2CC2)cc1C. The molecule has 0 radical (unpaired) electrons. The number of rotatable bonds is 5. The van der Waals surface area contributed by atoms with Crippen LogP contribution in [0.2, 0.25) is 0 Å². The Hall–Kier alpha value is -0.910. The molecule has 1 fully saturated rings. The van der Waals surface area contributed by atoms with Crippen LogP contribution in [0.25, 0.3) is 0 Å². The maximum atomic E-state index is 12.1. The van der Waals surface area contributed by atoms with Crippen LogP contribution in [0.3, 0.4) is 0 Å². The van der Waals surface area contributed by atoms with Crippen LogP contribution in [0.5, 0.6) is 0 Å². The molecule has 1 unspecified atom stereocenters. The Morgan fingerprint density at radius 1 is 1.33 bits per heavy atom. The van der Waals surface area contributed by atoms with Gasteiger partial charge >= 0.3 is 0 Å². The van der Waals surface area contributed by atoms with Crippen molar-refractivity contribution in [2.45, 2.75) is 37.6 Å². The minimum absolute atomic E-state index is 0.0636. The fraction of sp³-hybridized carbons (Fsp3) is 0.538. The summed E-state index contributed by atoms with van der Waals surface area (Å²) in [5.74, 6) is 0.493. The molecule has 0 bridgehead atoms. The highest BCUT2D eigenvalue weighted by Crippen LogP contribution is 2.31. The fourth-order valence-electron chi connectivity index (χ4n) is 1.86. The number of sulfonamides is 1. The third-order valence-corrected chi connectivity index (χ3v) is 4.95. The molecule has 1 aromatic rings. The maximum Gasteiger partial charge on any atom is 0.240 e. The van der Waals surface area contributed by atoms with Gasteiger partial charge < -0.3 is 5.73 Å². The van der Waals surface area contributed by atoms with E-state index in [0.717, 1.165) is 24.0 Å². The molecule has 0 spiro atoms. The van der Waals surface area contributed by atoms with Gasteiger partial charge in [-0.15, -0.1) is 0 Å². The van der Waals surface area contributed by atoms with Gasteiger partial charge in [-0.3, -0.25) is 0 Å². The minimum Gasteiger partial charge on any atom is -0.326 e. The van der Waals surface area contributed by atoms with E-state index in [1.54, 1.807) is 12.1 Å². The summed E-state index contributed by atoms with van der Waals surface area (Å²) in [5, 5.41) is 0. The average molecular weight is 268 g/mol. The summed E-state index contributed by atoms with van der Waals surface area (Å²) in [6, 6.07) is 5.09. The molecule has 1 atom stereocenters. The van der Waals surface area contributed by atoms with Gasteiger partial charge in [0, 0.05) is 12.6 Å². The number of nitrogens with two attached hydrogens (primary N) is 1. The van der Waals surface area contributed by atoms with Gasteiger partial charge in [-0.25, -0.2) is 13.1 Å². The molecule has 0 saturated heterocycles. The molecule has 4 nitrogen and oxygen atoms in total. The Balaban J connectivity index is 2.07. The van der Waals surface area contributed by atoms with Crippen molar-refractivity contribution in [3.8, 4) is 0 Å². The Morgan fingerprint density at radius 3 is 2.56 bits per heavy atom. The third kappa shape index (κ3) is 3.10. The van der Waals surface area contributed by atoms with E-state index in [1.807, 2.05) is 19.9 Å². The van der Waals surface area contributed by atoms with Crippen molar-refractivity contribution >= 4 is 10.0 Å². The second-order valence-corrected chi connectivity index (χ2v) is 6.87. The summed E-state index contributed by atoms with van der Waals surface area (Å²) in [6.45, 7) is 4.19. The van der Waals surface area contributed by atoms with Crippen molar-refractivity contribution in [3.05, 3.63) is 29.3 Å². The van der Waals surface area contributed by atoms with Crippen molar-refractivity contribution in [2.24, 2.45) is 11.7 Å². The van der Waals surface area contributed by atoms with Crippen molar-refractivity contribution in [3.63, 3.8) is 0 Å². The van der Waals surface area contributed by atoms with Gasteiger partial charge in [0.1, 0.15) is 0 Å². The molecular formula is C13H20N2O2S. The van der Waals surface area contributed by atoms with E-state index in [0.29, 0.717) is 17.4 Å². The molecule has 100 valence electrons. The number of hydrogen-bond donors (Lipinski definition) is 2. The Kier molecular flexibility index (Phi) is 3.75. The van der Waals surface area contributed by atoms with Crippen molar-refractivity contribution in [1.29, 1.82) is 0 Å². The van der Waals surface area contributed by atoms with E-state index < -0.39 is 10.0 Å². The Morgan fingerprint density at radius 2 is 2.00 bits per heavy atom. The van der Waals surface area contributed by atoms with Crippen molar-refractivity contribution < 1.29 is 8.42 Å². The fourth-order valence-corrected chi connectivity index (χ4v) is 3.02. The van der Waals surface area contributed by atoms with Gasteiger partial charge in [0.2, 0.25) is 10.0 Å². The minimum atomic E-state index is -3.43. The first-order valence-corrected chi connectivity index (χ1v) is 7.71. The first kappa shape index (κ1) is 13.5. The average Bonchev–Trinajstić information content (AvgIpc) is 3.13. The molecule has 2 rings (SSSR count). The predicted molar refractivity (Wildman–Crippen MR) is 71.8 cm³/mol. The molecule has 1 aliphatic rings. The van der Waals surface area contributed by atoms with Crippen LogP contribution in [0, 0.1) is 19.8 Å². The highest BCUT2D eigenvalue weighted by atomic mass is 32.2. The summed E-state index contributed by atoms with van der Waals surface area (Å²) in [7, 11) is -3.43.